The maximum Gasteiger partial charge on any atom is 0.251 e. The SMILES string of the molecule is CCCc1cc(=O)[nH]c(S[C@H](C)C(=O)N[C@H]2CCCc3ccccc32)n1. The molecule has 5 nitrogen and oxygen atoms in total. The molecule has 0 aliphatic heterocycles. The fourth-order valence-electron chi connectivity index (χ4n) is 3.34. The molecule has 0 bridgehead atoms. The first-order chi connectivity index (χ1) is 12.6. The molecule has 26 heavy (non-hydrogen) atoms. The van der Waals surface area contributed by atoms with Crippen LogP contribution in [0.1, 0.15) is 56.0 Å². The summed E-state index contributed by atoms with van der Waals surface area (Å²) in [5.74, 6) is -0.0275. The Hall–Kier alpha value is -2.08. The molecule has 1 aromatic carbocycles. The summed E-state index contributed by atoms with van der Waals surface area (Å²) >= 11 is 1.30. The highest BCUT2D eigenvalue weighted by Gasteiger charge is 2.24. The van der Waals surface area contributed by atoms with E-state index in [9.17, 15) is 9.59 Å². The van der Waals surface area contributed by atoms with Crippen molar-refractivity contribution in [2.75, 3.05) is 0 Å². The molecule has 2 atom stereocenters. The van der Waals surface area contributed by atoms with Crippen LogP contribution in [0.4, 0.5) is 0 Å². The number of benzene rings is 1. The first kappa shape index (κ1) is 18.7. The van der Waals surface area contributed by atoms with E-state index in [0.717, 1.165) is 37.8 Å². The van der Waals surface area contributed by atoms with Crippen LogP contribution in [0, 0.1) is 0 Å². The fourth-order valence-corrected chi connectivity index (χ4v) is 4.18. The molecule has 1 amide bonds. The van der Waals surface area contributed by atoms with Crippen molar-refractivity contribution in [3.8, 4) is 0 Å². The number of aromatic amines is 1. The molecule has 0 fully saturated rings. The first-order valence-corrected chi connectivity index (χ1v) is 10.1. The summed E-state index contributed by atoms with van der Waals surface area (Å²) in [6.45, 7) is 3.90. The molecule has 0 spiro atoms. The van der Waals surface area contributed by atoms with Crippen molar-refractivity contribution in [3.63, 3.8) is 0 Å². The minimum absolute atomic E-state index is 0.0275. The van der Waals surface area contributed by atoms with Gasteiger partial charge in [-0.15, -0.1) is 0 Å². The molecule has 0 radical (unpaired) electrons. The largest absolute Gasteiger partial charge is 0.348 e. The van der Waals surface area contributed by atoms with Crippen LogP contribution < -0.4 is 10.9 Å². The molecule has 3 rings (SSSR count). The summed E-state index contributed by atoms with van der Waals surface area (Å²) in [7, 11) is 0. The van der Waals surface area contributed by atoms with Crippen LogP contribution in [-0.2, 0) is 17.6 Å². The average Bonchev–Trinajstić information content (AvgIpc) is 2.61. The van der Waals surface area contributed by atoms with E-state index in [4.69, 9.17) is 0 Å². The van der Waals surface area contributed by atoms with E-state index in [2.05, 4.69) is 27.4 Å². The lowest BCUT2D eigenvalue weighted by atomic mass is 9.88. The van der Waals surface area contributed by atoms with Crippen LogP contribution >= 0.6 is 11.8 Å². The normalized spacial score (nSPS) is 17.4. The van der Waals surface area contributed by atoms with Gasteiger partial charge < -0.3 is 10.3 Å². The second-order valence-electron chi connectivity index (χ2n) is 6.70. The van der Waals surface area contributed by atoms with Gasteiger partial charge in [-0.1, -0.05) is 49.4 Å². The molecule has 1 aliphatic rings. The fraction of sp³-hybridized carbons (Fsp3) is 0.450. The van der Waals surface area contributed by atoms with E-state index in [0.29, 0.717) is 5.16 Å². The van der Waals surface area contributed by atoms with E-state index in [1.165, 1.54) is 29.0 Å². The second-order valence-corrected chi connectivity index (χ2v) is 8.03. The van der Waals surface area contributed by atoms with Gasteiger partial charge in [0.1, 0.15) is 0 Å². The number of H-pyrrole nitrogens is 1. The summed E-state index contributed by atoms with van der Waals surface area (Å²) in [5.41, 5.74) is 3.15. The van der Waals surface area contributed by atoms with Crippen molar-refractivity contribution in [3.05, 3.63) is 57.5 Å². The first-order valence-electron chi connectivity index (χ1n) is 9.22. The van der Waals surface area contributed by atoms with Gasteiger partial charge in [0.05, 0.1) is 11.3 Å². The van der Waals surface area contributed by atoms with Crippen LogP contribution in [0.25, 0.3) is 0 Å². The molecule has 2 aromatic rings. The number of hydrogen-bond acceptors (Lipinski definition) is 4. The summed E-state index contributed by atoms with van der Waals surface area (Å²) in [6, 6.07) is 9.90. The molecule has 0 saturated carbocycles. The van der Waals surface area contributed by atoms with E-state index in [1.807, 2.05) is 26.0 Å². The lowest BCUT2D eigenvalue weighted by Gasteiger charge is -2.27. The summed E-state index contributed by atoms with van der Waals surface area (Å²) < 4.78 is 0. The number of aryl methyl sites for hydroxylation is 2. The third kappa shape index (κ3) is 4.55. The number of nitrogens with zero attached hydrogens (tertiary/aromatic N) is 1. The monoisotopic (exact) mass is 371 g/mol. The third-order valence-corrected chi connectivity index (χ3v) is 5.61. The summed E-state index contributed by atoms with van der Waals surface area (Å²) in [5, 5.41) is 3.35. The Labute approximate surface area is 158 Å². The van der Waals surface area contributed by atoms with Crippen LogP contribution in [0.5, 0.6) is 0 Å². The zero-order chi connectivity index (χ0) is 18.5. The van der Waals surface area contributed by atoms with Crippen molar-refractivity contribution >= 4 is 17.7 Å². The van der Waals surface area contributed by atoms with Gasteiger partial charge in [-0.2, -0.15) is 0 Å². The van der Waals surface area contributed by atoms with Crippen molar-refractivity contribution in [2.24, 2.45) is 0 Å². The van der Waals surface area contributed by atoms with Crippen LogP contribution in [0.15, 0.2) is 40.3 Å². The average molecular weight is 372 g/mol. The van der Waals surface area contributed by atoms with Gasteiger partial charge in [-0.05, 0) is 43.7 Å². The minimum atomic E-state index is -0.330. The van der Waals surface area contributed by atoms with Gasteiger partial charge in [0.25, 0.3) is 5.56 Å². The molecular formula is C20H25N3O2S. The minimum Gasteiger partial charge on any atom is -0.348 e. The number of nitrogens with one attached hydrogen (secondary N) is 2. The number of carbonyl (C=O) groups is 1. The molecule has 1 aromatic heterocycles. The maximum absolute atomic E-state index is 12.7. The van der Waals surface area contributed by atoms with Crippen LogP contribution in [0.3, 0.4) is 0 Å². The van der Waals surface area contributed by atoms with Crippen LogP contribution in [0.2, 0.25) is 0 Å². The van der Waals surface area contributed by atoms with Gasteiger partial charge in [-0.3, -0.25) is 9.59 Å². The zero-order valence-electron chi connectivity index (χ0n) is 15.2. The van der Waals surface area contributed by atoms with Crippen molar-refractivity contribution in [1.29, 1.82) is 0 Å². The van der Waals surface area contributed by atoms with E-state index >= 15 is 0 Å². The Morgan fingerprint density at radius 1 is 1.42 bits per heavy atom. The molecule has 1 aliphatic carbocycles. The highest BCUT2D eigenvalue weighted by atomic mass is 32.2. The Balaban J connectivity index is 1.67. The Kier molecular flexibility index (Phi) is 6.14. The highest BCUT2D eigenvalue weighted by molar-refractivity contribution is 8.00. The number of aromatic nitrogens is 2. The number of thioether (sulfide) groups is 1. The Bertz CT molecular complexity index is 834. The van der Waals surface area contributed by atoms with E-state index in [-0.39, 0.29) is 22.8 Å². The van der Waals surface area contributed by atoms with E-state index < -0.39 is 0 Å². The molecule has 1 heterocycles. The Morgan fingerprint density at radius 3 is 3.04 bits per heavy atom. The van der Waals surface area contributed by atoms with Gasteiger partial charge in [0, 0.05) is 11.8 Å². The van der Waals surface area contributed by atoms with Gasteiger partial charge in [0.15, 0.2) is 5.16 Å². The van der Waals surface area contributed by atoms with E-state index in [1.54, 1.807) is 0 Å². The Morgan fingerprint density at radius 2 is 2.23 bits per heavy atom. The van der Waals surface area contributed by atoms with Crippen molar-refractivity contribution < 1.29 is 4.79 Å². The standard InChI is InChI=1S/C20H25N3O2S/c1-3-7-15-12-18(24)23-20(21-15)26-13(2)19(25)22-17-11-6-9-14-8-4-5-10-16(14)17/h4-5,8,10,12-13,17H,3,6-7,9,11H2,1-2H3,(H,22,25)(H,21,23,24)/t13-,17+/m1/s1. The third-order valence-electron chi connectivity index (χ3n) is 4.62. The van der Waals surface area contributed by atoms with Gasteiger partial charge in [0.2, 0.25) is 5.91 Å². The second kappa shape index (κ2) is 8.54. The predicted molar refractivity (Wildman–Crippen MR) is 104 cm³/mol. The smallest absolute Gasteiger partial charge is 0.251 e. The van der Waals surface area contributed by atoms with Gasteiger partial charge >= 0.3 is 0 Å². The quantitative estimate of drug-likeness (QED) is 0.603. The number of rotatable bonds is 6. The molecule has 2 N–H and O–H groups in total. The summed E-state index contributed by atoms with van der Waals surface area (Å²) in [4.78, 5) is 31.6. The molecular weight excluding hydrogens is 346 g/mol. The topological polar surface area (TPSA) is 74.8 Å². The molecule has 138 valence electrons. The number of amides is 1. The lowest BCUT2D eigenvalue weighted by Crippen LogP contribution is -2.36. The predicted octanol–water partition coefficient (Wildman–Crippen LogP) is 3.40. The molecule has 6 heteroatoms. The lowest BCUT2D eigenvalue weighted by molar-refractivity contribution is -0.121. The van der Waals surface area contributed by atoms with Crippen molar-refractivity contribution in [1.82, 2.24) is 15.3 Å². The highest BCUT2D eigenvalue weighted by Crippen LogP contribution is 2.30. The van der Waals surface area contributed by atoms with Gasteiger partial charge in [-0.25, -0.2) is 4.98 Å². The zero-order valence-corrected chi connectivity index (χ0v) is 16.1. The number of carbonyl (C=O) groups excluding carboxylic acids is 1. The van der Waals surface area contributed by atoms with Crippen molar-refractivity contribution in [2.45, 2.75) is 62.4 Å². The maximum atomic E-state index is 12.7. The summed E-state index contributed by atoms with van der Waals surface area (Å²) in [6.07, 6.45) is 4.80. The number of fused-ring (bicyclic) bond motifs is 1. The number of hydrogen-bond donors (Lipinski definition) is 2. The molecule has 0 unspecified atom stereocenters. The molecule has 0 saturated heterocycles. The van der Waals surface area contributed by atoms with Crippen LogP contribution in [-0.4, -0.2) is 21.1 Å².